The number of benzene rings is 11. The second-order valence-electron chi connectivity index (χ2n) is 18.4. The molecule has 14 rings (SSSR count). The van der Waals surface area contributed by atoms with Gasteiger partial charge in [-0.25, -0.2) is 0 Å². The summed E-state index contributed by atoms with van der Waals surface area (Å²) in [6, 6.07) is 99.2. The third kappa shape index (κ3) is 6.32. The summed E-state index contributed by atoms with van der Waals surface area (Å²) in [4.78, 5) is 4.97. The van der Waals surface area contributed by atoms with Gasteiger partial charge >= 0.3 is 0 Å². The van der Waals surface area contributed by atoms with Gasteiger partial charge in [0, 0.05) is 61.6 Å². The number of furan rings is 1. The molecule has 0 aliphatic heterocycles. The third-order valence-corrected chi connectivity index (χ3v) is 14.6. The molecule has 0 saturated heterocycles. The Kier molecular flexibility index (Phi) is 9.39. The van der Waals surface area contributed by atoms with Crippen molar-refractivity contribution in [2.75, 3.05) is 9.80 Å². The lowest BCUT2D eigenvalue weighted by molar-refractivity contribution is 0.644. The molecule has 71 heavy (non-hydrogen) atoms. The number of hydrogen-bond acceptors (Lipinski definition) is 3. The zero-order valence-corrected chi connectivity index (χ0v) is 38.7. The van der Waals surface area contributed by atoms with Crippen LogP contribution in [0, 0.1) is 0 Å². The van der Waals surface area contributed by atoms with Crippen molar-refractivity contribution >= 4 is 72.2 Å². The molecule has 2 heterocycles. The molecule has 0 spiro atoms. The Morgan fingerprint density at radius 2 is 0.845 bits per heavy atom. The van der Waals surface area contributed by atoms with E-state index in [1.54, 1.807) is 0 Å². The fourth-order valence-electron chi connectivity index (χ4n) is 11.6. The van der Waals surface area contributed by atoms with Crippen molar-refractivity contribution in [3.05, 3.63) is 290 Å². The molecular formula is C67H45N3O. The first kappa shape index (κ1) is 40.7. The molecule has 2 aromatic heterocycles. The Hall–Kier alpha value is -9.38. The number of fused-ring (bicyclic) bond motifs is 9. The van der Waals surface area contributed by atoms with E-state index in [0.29, 0.717) is 0 Å². The highest BCUT2D eigenvalue weighted by atomic mass is 16.3. The highest BCUT2D eigenvalue weighted by molar-refractivity contribution is 6.11. The van der Waals surface area contributed by atoms with Crippen LogP contribution >= 0.6 is 0 Å². The molecule has 0 fully saturated rings. The minimum absolute atomic E-state index is 0.780. The molecule has 13 aromatic rings. The fourth-order valence-corrected chi connectivity index (χ4v) is 11.6. The third-order valence-electron chi connectivity index (χ3n) is 14.6. The van der Waals surface area contributed by atoms with Gasteiger partial charge in [0.25, 0.3) is 0 Å². The van der Waals surface area contributed by atoms with E-state index in [2.05, 4.69) is 281 Å². The van der Waals surface area contributed by atoms with Crippen LogP contribution < -0.4 is 9.80 Å². The number of aromatic nitrogens is 1. The van der Waals surface area contributed by atoms with Gasteiger partial charge in [-0.15, -0.1) is 0 Å². The van der Waals surface area contributed by atoms with E-state index in [0.717, 1.165) is 67.1 Å². The van der Waals surface area contributed by atoms with Crippen LogP contribution in [-0.4, -0.2) is 4.57 Å². The first-order valence-electron chi connectivity index (χ1n) is 24.3. The minimum atomic E-state index is -0.780. The summed E-state index contributed by atoms with van der Waals surface area (Å²) in [5.74, 6) is 0. The molecule has 0 amide bonds. The SMILES string of the molecule is c1ccc(-c2ccccc2-n2c3ccccc3c3ccc(N(c4ccc5c(c4)C(c4ccccc4)(N(c4ccccc4)c4ccccc4)c4ccccc4-5)c4ccc5c(c4)oc4ccccc45)cc32)cc1. The molecule has 0 radical (unpaired) electrons. The maximum absolute atomic E-state index is 6.66. The van der Waals surface area contributed by atoms with Gasteiger partial charge in [-0.05, 0) is 112 Å². The van der Waals surface area contributed by atoms with Crippen LogP contribution in [0.15, 0.2) is 277 Å². The predicted molar refractivity (Wildman–Crippen MR) is 295 cm³/mol. The Labute approximate surface area is 412 Å². The lowest BCUT2D eigenvalue weighted by Crippen LogP contribution is -2.44. The van der Waals surface area contributed by atoms with Gasteiger partial charge in [-0.2, -0.15) is 0 Å². The van der Waals surface area contributed by atoms with E-state index in [1.807, 2.05) is 6.07 Å². The van der Waals surface area contributed by atoms with Gasteiger partial charge in [-0.3, -0.25) is 0 Å². The monoisotopic (exact) mass is 907 g/mol. The normalized spacial score (nSPS) is 14.0. The van der Waals surface area contributed by atoms with E-state index >= 15 is 0 Å². The van der Waals surface area contributed by atoms with Crippen LogP contribution in [0.5, 0.6) is 0 Å². The van der Waals surface area contributed by atoms with Gasteiger partial charge in [0.2, 0.25) is 0 Å². The molecule has 334 valence electrons. The van der Waals surface area contributed by atoms with Gasteiger partial charge < -0.3 is 18.8 Å². The standard InChI is InChI=1S/C67H45N3O/c1-5-21-46(22-6-1)53-29-14-18-34-62(53)69-63-35-19-15-31-56(63)57-41-38-51(44-64(57)69)68(52-39-42-59-58-32-16-20-36-65(58)71-66(59)45-52)50-37-40-55-54-30-13-17-33-60(54)67(61(55)43-50,47-23-7-2-8-24-47)70(48-25-9-3-10-26-48)49-27-11-4-12-28-49/h1-45H. The molecular weight excluding hydrogens is 863 g/mol. The molecule has 1 unspecified atom stereocenters. The topological polar surface area (TPSA) is 24.6 Å². The molecule has 1 aliphatic rings. The Balaban J connectivity index is 1.06. The smallest absolute Gasteiger partial charge is 0.137 e. The second-order valence-corrected chi connectivity index (χ2v) is 18.4. The largest absolute Gasteiger partial charge is 0.456 e. The van der Waals surface area contributed by atoms with Crippen molar-refractivity contribution in [2.24, 2.45) is 0 Å². The maximum atomic E-state index is 6.66. The Bertz CT molecular complexity index is 4080. The number of para-hydroxylation sites is 5. The maximum Gasteiger partial charge on any atom is 0.137 e. The molecule has 0 N–H and O–H groups in total. The van der Waals surface area contributed by atoms with Crippen molar-refractivity contribution in [2.45, 2.75) is 5.54 Å². The van der Waals surface area contributed by atoms with Gasteiger partial charge in [0.1, 0.15) is 16.7 Å². The molecule has 4 heteroatoms. The average molecular weight is 908 g/mol. The Morgan fingerprint density at radius 1 is 0.324 bits per heavy atom. The summed E-state index contributed by atoms with van der Waals surface area (Å²) >= 11 is 0. The summed E-state index contributed by atoms with van der Waals surface area (Å²) in [6.07, 6.45) is 0. The summed E-state index contributed by atoms with van der Waals surface area (Å²) < 4.78 is 9.11. The highest BCUT2D eigenvalue weighted by Crippen LogP contribution is 2.59. The fraction of sp³-hybridized carbons (Fsp3) is 0.0149. The number of anilines is 5. The van der Waals surface area contributed by atoms with Crippen LogP contribution in [-0.2, 0) is 5.54 Å². The van der Waals surface area contributed by atoms with Crippen LogP contribution in [0.3, 0.4) is 0 Å². The van der Waals surface area contributed by atoms with E-state index < -0.39 is 5.54 Å². The van der Waals surface area contributed by atoms with E-state index in [9.17, 15) is 0 Å². The highest BCUT2D eigenvalue weighted by Gasteiger charge is 2.50. The minimum Gasteiger partial charge on any atom is -0.456 e. The lowest BCUT2D eigenvalue weighted by atomic mass is 9.78. The second kappa shape index (κ2) is 16.4. The average Bonchev–Trinajstić information content (AvgIpc) is 4.08. The quantitative estimate of drug-likeness (QED) is 0.144. The van der Waals surface area contributed by atoms with Crippen molar-refractivity contribution in [1.29, 1.82) is 0 Å². The summed E-state index contributed by atoms with van der Waals surface area (Å²) in [5.41, 5.74) is 17.9. The van der Waals surface area contributed by atoms with Crippen LogP contribution in [0.25, 0.3) is 71.7 Å². The first-order valence-corrected chi connectivity index (χ1v) is 24.3. The van der Waals surface area contributed by atoms with Gasteiger partial charge in [0.05, 0.1) is 16.7 Å². The summed E-state index contributed by atoms with van der Waals surface area (Å²) in [5, 5.41) is 4.59. The molecule has 4 nitrogen and oxygen atoms in total. The number of hydrogen-bond donors (Lipinski definition) is 0. The van der Waals surface area contributed by atoms with Crippen LogP contribution in [0.2, 0.25) is 0 Å². The van der Waals surface area contributed by atoms with Gasteiger partial charge in [-0.1, -0.05) is 188 Å². The zero-order chi connectivity index (χ0) is 46.9. The first-order chi connectivity index (χ1) is 35.2. The van der Waals surface area contributed by atoms with E-state index in [1.165, 1.54) is 49.7 Å². The predicted octanol–water partition coefficient (Wildman–Crippen LogP) is 17.9. The molecule has 0 bridgehead atoms. The Morgan fingerprint density at radius 3 is 1.61 bits per heavy atom. The molecule has 1 aliphatic carbocycles. The number of nitrogens with zero attached hydrogens (tertiary/aromatic N) is 3. The van der Waals surface area contributed by atoms with Crippen LogP contribution in [0.1, 0.15) is 16.7 Å². The number of rotatable bonds is 9. The van der Waals surface area contributed by atoms with Crippen molar-refractivity contribution in [3.63, 3.8) is 0 Å². The zero-order valence-electron chi connectivity index (χ0n) is 38.7. The molecule has 11 aromatic carbocycles. The summed E-state index contributed by atoms with van der Waals surface area (Å²) in [7, 11) is 0. The summed E-state index contributed by atoms with van der Waals surface area (Å²) in [6.45, 7) is 0. The molecule has 1 atom stereocenters. The van der Waals surface area contributed by atoms with Crippen LogP contribution in [0.4, 0.5) is 28.4 Å². The van der Waals surface area contributed by atoms with Crippen molar-refractivity contribution in [1.82, 2.24) is 4.57 Å². The van der Waals surface area contributed by atoms with Crippen molar-refractivity contribution < 1.29 is 4.42 Å². The van der Waals surface area contributed by atoms with Crippen molar-refractivity contribution in [3.8, 4) is 27.9 Å². The van der Waals surface area contributed by atoms with E-state index in [-0.39, 0.29) is 0 Å². The molecule has 0 saturated carbocycles. The van der Waals surface area contributed by atoms with Gasteiger partial charge in [0.15, 0.2) is 0 Å². The lowest BCUT2D eigenvalue weighted by Gasteiger charge is -2.45. The van der Waals surface area contributed by atoms with E-state index in [4.69, 9.17) is 4.42 Å².